The number of carbonyl (C=O) groups is 1. The summed E-state index contributed by atoms with van der Waals surface area (Å²) in [4.78, 5) is 12.1. The first-order chi connectivity index (χ1) is 12.1. The molecule has 1 aliphatic heterocycles. The highest BCUT2D eigenvalue weighted by Crippen LogP contribution is 2.32. The number of halogens is 1. The number of hydrogen-bond acceptors (Lipinski definition) is 4. The van der Waals surface area contributed by atoms with Gasteiger partial charge in [-0.2, -0.15) is 0 Å². The van der Waals surface area contributed by atoms with Gasteiger partial charge in [-0.1, -0.05) is 6.07 Å². The minimum absolute atomic E-state index is 0.0525. The van der Waals surface area contributed by atoms with Crippen LogP contribution in [0.4, 0.5) is 5.69 Å². The van der Waals surface area contributed by atoms with Gasteiger partial charge >= 0.3 is 0 Å². The van der Waals surface area contributed by atoms with E-state index in [2.05, 4.69) is 21.2 Å². The fourth-order valence-corrected chi connectivity index (χ4v) is 3.09. The van der Waals surface area contributed by atoms with E-state index in [1.54, 1.807) is 6.07 Å². The normalized spacial score (nSPS) is 12.6. The van der Waals surface area contributed by atoms with E-state index in [4.69, 9.17) is 14.2 Å². The van der Waals surface area contributed by atoms with Crippen molar-refractivity contribution in [3.05, 3.63) is 46.4 Å². The topological polar surface area (TPSA) is 56.8 Å². The molecule has 1 N–H and O–H groups in total. The van der Waals surface area contributed by atoms with Crippen molar-refractivity contribution in [2.75, 3.05) is 25.1 Å². The number of hydrogen-bond donors (Lipinski definition) is 1. The summed E-state index contributed by atoms with van der Waals surface area (Å²) in [5.74, 6) is 2.11. The van der Waals surface area contributed by atoms with Gasteiger partial charge < -0.3 is 19.5 Å². The summed E-state index contributed by atoms with van der Waals surface area (Å²) in [6.45, 7) is 3.58. The van der Waals surface area contributed by atoms with Crippen LogP contribution in [0.25, 0.3) is 0 Å². The van der Waals surface area contributed by atoms with Gasteiger partial charge in [-0.05, 0) is 59.1 Å². The lowest BCUT2D eigenvalue weighted by atomic mass is 10.2. The second-order valence-corrected chi connectivity index (χ2v) is 6.65. The zero-order chi connectivity index (χ0) is 17.6. The molecule has 2 aromatic carbocycles. The maximum atomic E-state index is 12.1. The van der Waals surface area contributed by atoms with Crippen LogP contribution >= 0.6 is 15.9 Å². The Morgan fingerprint density at radius 1 is 1.16 bits per heavy atom. The van der Waals surface area contributed by atoms with E-state index in [1.807, 2.05) is 37.3 Å². The Hall–Kier alpha value is -2.21. The number of aryl methyl sites for hydroxylation is 1. The van der Waals surface area contributed by atoms with Gasteiger partial charge in [-0.3, -0.25) is 4.79 Å². The molecular weight excluding hydrogens is 386 g/mol. The summed E-state index contributed by atoms with van der Waals surface area (Å²) in [5, 5.41) is 2.87. The Bertz CT molecular complexity index is 763. The first kappa shape index (κ1) is 17.6. The van der Waals surface area contributed by atoms with Crippen molar-refractivity contribution in [1.29, 1.82) is 0 Å². The molecule has 0 saturated carbocycles. The number of ether oxygens (including phenoxy) is 3. The molecule has 0 atom stereocenters. The Morgan fingerprint density at radius 3 is 2.76 bits per heavy atom. The van der Waals surface area contributed by atoms with Crippen molar-refractivity contribution < 1.29 is 19.0 Å². The molecule has 1 aliphatic rings. The number of amides is 1. The van der Waals surface area contributed by atoms with Crippen LogP contribution in [-0.4, -0.2) is 25.7 Å². The molecule has 1 amide bonds. The van der Waals surface area contributed by atoms with Crippen LogP contribution in [0, 0.1) is 6.92 Å². The Kier molecular flexibility index (Phi) is 5.81. The van der Waals surface area contributed by atoms with Crippen LogP contribution in [0.15, 0.2) is 40.9 Å². The molecule has 3 rings (SSSR count). The smallest absolute Gasteiger partial charge is 0.224 e. The summed E-state index contributed by atoms with van der Waals surface area (Å²) >= 11 is 3.48. The van der Waals surface area contributed by atoms with Crippen molar-refractivity contribution in [3.8, 4) is 17.2 Å². The second-order valence-electron chi connectivity index (χ2n) is 5.79. The summed E-state index contributed by atoms with van der Waals surface area (Å²) in [6.07, 6.45) is 1.02. The van der Waals surface area contributed by atoms with E-state index >= 15 is 0 Å². The third-order valence-electron chi connectivity index (χ3n) is 3.72. The predicted molar refractivity (Wildman–Crippen MR) is 99.7 cm³/mol. The molecule has 0 spiro atoms. The van der Waals surface area contributed by atoms with E-state index in [-0.39, 0.29) is 5.91 Å². The molecule has 0 aromatic heterocycles. The average Bonchev–Trinajstić information content (AvgIpc) is 2.60. The van der Waals surface area contributed by atoms with Crippen LogP contribution in [0.2, 0.25) is 0 Å². The van der Waals surface area contributed by atoms with E-state index in [0.717, 1.165) is 15.8 Å². The number of anilines is 1. The number of fused-ring (bicyclic) bond motifs is 1. The van der Waals surface area contributed by atoms with Crippen LogP contribution in [0.5, 0.6) is 17.2 Å². The quantitative estimate of drug-likeness (QED) is 0.726. The zero-order valence-electron chi connectivity index (χ0n) is 14.0. The summed E-state index contributed by atoms with van der Waals surface area (Å²) in [5.41, 5.74) is 1.87. The molecule has 0 fully saturated rings. The molecule has 5 nitrogen and oxygen atoms in total. The van der Waals surface area contributed by atoms with Crippen LogP contribution in [0.3, 0.4) is 0 Å². The van der Waals surface area contributed by atoms with Gasteiger partial charge in [0.1, 0.15) is 19.0 Å². The predicted octanol–water partition coefficient (Wildman–Crippen LogP) is 4.33. The van der Waals surface area contributed by atoms with Crippen molar-refractivity contribution in [3.63, 3.8) is 0 Å². The zero-order valence-corrected chi connectivity index (χ0v) is 15.6. The lowest BCUT2D eigenvalue weighted by molar-refractivity contribution is -0.116. The summed E-state index contributed by atoms with van der Waals surface area (Å²) in [6, 6.07) is 11.3. The molecule has 2 aromatic rings. The van der Waals surface area contributed by atoms with E-state index in [9.17, 15) is 4.79 Å². The van der Waals surface area contributed by atoms with Crippen molar-refractivity contribution in [2.24, 2.45) is 0 Å². The largest absolute Gasteiger partial charge is 0.492 e. The third-order valence-corrected chi connectivity index (χ3v) is 4.34. The van der Waals surface area contributed by atoms with Gasteiger partial charge in [0.15, 0.2) is 11.5 Å². The average molecular weight is 406 g/mol. The molecule has 0 bridgehead atoms. The van der Waals surface area contributed by atoms with E-state index in [1.165, 1.54) is 0 Å². The molecule has 25 heavy (non-hydrogen) atoms. The molecule has 0 radical (unpaired) electrons. The van der Waals surface area contributed by atoms with Crippen molar-refractivity contribution in [1.82, 2.24) is 0 Å². The summed E-state index contributed by atoms with van der Waals surface area (Å²) in [7, 11) is 0. The first-order valence-corrected chi connectivity index (χ1v) is 8.99. The number of carbonyl (C=O) groups excluding carboxylic acids is 1. The Morgan fingerprint density at radius 2 is 1.96 bits per heavy atom. The Labute approximate surface area is 155 Å². The number of benzene rings is 2. The lowest BCUT2D eigenvalue weighted by Gasteiger charge is -2.19. The standard InChI is InChI=1S/C19H20BrNO4/c1-13-4-6-16(15(20)11-13)23-8-2-3-19(22)21-14-5-7-17-18(12-14)25-10-9-24-17/h4-7,11-12H,2-3,8-10H2,1H3,(H,21,22). The van der Waals surface area contributed by atoms with Gasteiger partial charge in [-0.25, -0.2) is 0 Å². The monoisotopic (exact) mass is 405 g/mol. The van der Waals surface area contributed by atoms with Crippen LogP contribution in [0.1, 0.15) is 18.4 Å². The summed E-state index contributed by atoms with van der Waals surface area (Å²) < 4.78 is 17.6. The molecule has 0 saturated heterocycles. The third kappa shape index (κ3) is 4.89. The van der Waals surface area contributed by atoms with Gasteiger partial charge in [0, 0.05) is 18.2 Å². The van der Waals surface area contributed by atoms with Gasteiger partial charge in [0.2, 0.25) is 5.91 Å². The lowest BCUT2D eigenvalue weighted by Crippen LogP contribution is -2.16. The van der Waals surface area contributed by atoms with Crippen molar-refractivity contribution in [2.45, 2.75) is 19.8 Å². The van der Waals surface area contributed by atoms with Crippen molar-refractivity contribution >= 4 is 27.5 Å². The maximum absolute atomic E-state index is 12.1. The first-order valence-electron chi connectivity index (χ1n) is 8.20. The van der Waals surface area contributed by atoms with Crippen LogP contribution < -0.4 is 19.5 Å². The van der Waals surface area contributed by atoms with Gasteiger partial charge in [0.05, 0.1) is 11.1 Å². The van der Waals surface area contributed by atoms with Gasteiger partial charge in [-0.15, -0.1) is 0 Å². The fraction of sp³-hybridized carbons (Fsp3) is 0.316. The minimum atomic E-state index is -0.0525. The highest BCUT2D eigenvalue weighted by atomic mass is 79.9. The van der Waals surface area contributed by atoms with Crippen LogP contribution in [-0.2, 0) is 4.79 Å². The molecule has 0 unspecified atom stereocenters. The molecular formula is C19H20BrNO4. The Balaban J connectivity index is 1.43. The molecule has 0 aliphatic carbocycles. The number of nitrogens with one attached hydrogen (secondary N) is 1. The van der Waals surface area contributed by atoms with E-state index < -0.39 is 0 Å². The minimum Gasteiger partial charge on any atom is -0.492 e. The SMILES string of the molecule is Cc1ccc(OCCCC(=O)Nc2ccc3c(c2)OCCO3)c(Br)c1. The maximum Gasteiger partial charge on any atom is 0.224 e. The molecule has 1 heterocycles. The van der Waals surface area contributed by atoms with E-state index in [0.29, 0.717) is 49.8 Å². The number of rotatable bonds is 6. The highest BCUT2D eigenvalue weighted by molar-refractivity contribution is 9.10. The second kappa shape index (κ2) is 8.25. The highest BCUT2D eigenvalue weighted by Gasteiger charge is 2.12. The fourth-order valence-electron chi connectivity index (χ4n) is 2.48. The van der Waals surface area contributed by atoms with Gasteiger partial charge in [0.25, 0.3) is 0 Å². The molecule has 132 valence electrons. The molecule has 6 heteroatoms.